The molecule has 0 amide bonds. The first-order valence-corrected chi connectivity index (χ1v) is 14.5. The van der Waals surface area contributed by atoms with Gasteiger partial charge in [-0.3, -0.25) is 4.79 Å². The van der Waals surface area contributed by atoms with Gasteiger partial charge in [0.25, 0.3) is 5.56 Å². The van der Waals surface area contributed by atoms with Crippen LogP contribution in [0.1, 0.15) is 31.4 Å². The minimum atomic E-state index is -0.207. The van der Waals surface area contributed by atoms with Gasteiger partial charge in [0.15, 0.2) is 5.82 Å². The summed E-state index contributed by atoms with van der Waals surface area (Å²) in [6, 6.07) is 23.7. The van der Waals surface area contributed by atoms with Gasteiger partial charge in [0.05, 0.1) is 16.8 Å². The highest BCUT2D eigenvalue weighted by atomic mass is 32.1. The number of para-hydroxylation sites is 1. The third-order valence-electron chi connectivity index (χ3n) is 6.99. The Morgan fingerprint density at radius 2 is 1.85 bits per heavy atom. The van der Waals surface area contributed by atoms with Crippen LogP contribution in [0.2, 0.25) is 0 Å². The van der Waals surface area contributed by atoms with Crippen molar-refractivity contribution in [2.45, 2.75) is 32.8 Å². The summed E-state index contributed by atoms with van der Waals surface area (Å²) in [6.45, 7) is 4.81. The van der Waals surface area contributed by atoms with Gasteiger partial charge in [-0.2, -0.15) is 14.6 Å². The molecule has 1 atom stereocenters. The predicted octanol–water partition coefficient (Wildman–Crippen LogP) is 5.33. The summed E-state index contributed by atoms with van der Waals surface area (Å²) in [4.78, 5) is 18.6. The number of nitrogens with zero attached hydrogens (tertiary/aromatic N) is 5. The first-order valence-electron chi connectivity index (χ1n) is 13.7. The Morgan fingerprint density at radius 1 is 1.05 bits per heavy atom. The van der Waals surface area contributed by atoms with Gasteiger partial charge in [0.1, 0.15) is 23.3 Å². The summed E-state index contributed by atoms with van der Waals surface area (Å²) in [5.74, 6) is 2.23. The van der Waals surface area contributed by atoms with Crippen LogP contribution in [0.25, 0.3) is 39.4 Å². The molecule has 0 radical (unpaired) electrons. The van der Waals surface area contributed by atoms with Crippen molar-refractivity contribution in [2.24, 2.45) is 0 Å². The lowest BCUT2D eigenvalue weighted by Gasteiger charge is -2.04. The van der Waals surface area contributed by atoms with E-state index < -0.39 is 0 Å². The van der Waals surface area contributed by atoms with Gasteiger partial charge < -0.3 is 9.47 Å². The van der Waals surface area contributed by atoms with Gasteiger partial charge in [-0.1, -0.05) is 36.5 Å². The maximum Gasteiger partial charge on any atom is 0.291 e. The normalized spacial score (nSPS) is 14.9. The summed E-state index contributed by atoms with van der Waals surface area (Å²) in [7, 11) is 0. The van der Waals surface area contributed by atoms with Crippen molar-refractivity contribution >= 4 is 22.4 Å². The summed E-state index contributed by atoms with van der Waals surface area (Å²) >= 11 is 1.32. The van der Waals surface area contributed by atoms with Crippen molar-refractivity contribution in [1.82, 2.24) is 24.4 Å². The van der Waals surface area contributed by atoms with Crippen LogP contribution < -0.4 is 19.6 Å². The van der Waals surface area contributed by atoms with E-state index in [1.165, 1.54) is 15.9 Å². The van der Waals surface area contributed by atoms with Crippen LogP contribution in [-0.2, 0) is 6.42 Å². The molecule has 3 aromatic carbocycles. The van der Waals surface area contributed by atoms with E-state index in [-0.39, 0.29) is 11.7 Å². The van der Waals surface area contributed by atoms with Gasteiger partial charge in [0.2, 0.25) is 4.96 Å². The SMILES string of the molecule is CCCOc1ccc(-c2nc3s/c(=C\c4cn(-c5ccccc5)nc4-c4ccc5c(c4)C[C@@H](C)O5)c(=O)n3n2)cc1. The molecule has 3 aromatic heterocycles. The van der Waals surface area contributed by atoms with E-state index in [0.717, 1.165) is 58.0 Å². The smallest absolute Gasteiger partial charge is 0.291 e. The van der Waals surface area contributed by atoms with Gasteiger partial charge in [0, 0.05) is 29.3 Å². The second-order valence-electron chi connectivity index (χ2n) is 10.1. The number of hydrogen-bond acceptors (Lipinski definition) is 7. The summed E-state index contributed by atoms with van der Waals surface area (Å²) in [5, 5.41) is 9.47. The van der Waals surface area contributed by atoms with Crippen molar-refractivity contribution in [1.29, 1.82) is 0 Å². The van der Waals surface area contributed by atoms with E-state index in [9.17, 15) is 4.79 Å². The van der Waals surface area contributed by atoms with Crippen molar-refractivity contribution in [2.75, 3.05) is 6.61 Å². The van der Waals surface area contributed by atoms with E-state index in [2.05, 4.69) is 30.0 Å². The zero-order valence-electron chi connectivity index (χ0n) is 22.7. The van der Waals surface area contributed by atoms with E-state index >= 15 is 0 Å². The first-order chi connectivity index (χ1) is 20.1. The van der Waals surface area contributed by atoms with Crippen LogP contribution in [-0.4, -0.2) is 37.1 Å². The number of benzene rings is 3. The highest BCUT2D eigenvalue weighted by molar-refractivity contribution is 7.15. The van der Waals surface area contributed by atoms with Crippen LogP contribution >= 0.6 is 11.3 Å². The zero-order valence-corrected chi connectivity index (χ0v) is 23.5. The second kappa shape index (κ2) is 10.3. The summed E-state index contributed by atoms with van der Waals surface area (Å²) < 4.78 is 15.3. The molecule has 6 aromatic rings. The van der Waals surface area contributed by atoms with Gasteiger partial charge >= 0.3 is 0 Å². The lowest BCUT2D eigenvalue weighted by molar-refractivity contribution is 0.254. The second-order valence-corrected chi connectivity index (χ2v) is 11.1. The summed E-state index contributed by atoms with van der Waals surface area (Å²) in [6.07, 6.45) is 5.80. The van der Waals surface area contributed by atoms with E-state index in [1.807, 2.05) is 83.7 Å². The standard InChI is InChI=1S/C32H27N5O3S/c1-3-15-39-26-12-9-21(10-13-26)30-33-32-37(35-30)31(38)28(41-32)18-24-19-36(25-7-5-4-6-8-25)34-29(24)22-11-14-27-23(17-22)16-20(2)40-27/h4-14,17-20H,3,15-16H2,1-2H3/b28-18-/t20-/m1/s1. The Hall–Kier alpha value is -4.76. The Labute approximate surface area is 240 Å². The number of fused-ring (bicyclic) bond motifs is 2. The van der Waals surface area contributed by atoms with E-state index in [4.69, 9.17) is 14.6 Å². The maximum atomic E-state index is 13.4. The molecule has 204 valence electrons. The molecule has 0 fully saturated rings. The lowest BCUT2D eigenvalue weighted by Crippen LogP contribution is -2.23. The average molecular weight is 562 g/mol. The van der Waals surface area contributed by atoms with Gasteiger partial charge in [-0.15, -0.1) is 5.10 Å². The Kier molecular flexibility index (Phi) is 6.36. The number of thiazole rings is 1. The summed E-state index contributed by atoms with van der Waals surface area (Å²) in [5.41, 5.74) is 5.33. The minimum absolute atomic E-state index is 0.156. The Bertz CT molecular complexity index is 1980. The molecule has 0 unspecified atom stereocenters. The molecule has 41 heavy (non-hydrogen) atoms. The minimum Gasteiger partial charge on any atom is -0.494 e. The van der Waals surface area contributed by atoms with E-state index in [1.54, 1.807) is 0 Å². The molecule has 0 spiro atoms. The monoisotopic (exact) mass is 561 g/mol. The van der Waals surface area contributed by atoms with Gasteiger partial charge in [-0.05, 0) is 79.6 Å². The molecule has 1 aliphatic rings. The predicted molar refractivity (Wildman–Crippen MR) is 160 cm³/mol. The van der Waals surface area contributed by atoms with E-state index in [0.29, 0.717) is 21.9 Å². The highest BCUT2D eigenvalue weighted by Crippen LogP contribution is 2.34. The fourth-order valence-electron chi connectivity index (χ4n) is 5.02. The number of rotatable bonds is 7. The molecular formula is C32H27N5O3S. The molecule has 4 heterocycles. The van der Waals surface area contributed by atoms with Crippen LogP contribution in [0.3, 0.4) is 0 Å². The quantitative estimate of drug-likeness (QED) is 0.262. The molecule has 0 saturated heterocycles. The first kappa shape index (κ1) is 25.2. The highest BCUT2D eigenvalue weighted by Gasteiger charge is 2.21. The molecule has 1 aliphatic heterocycles. The molecule has 7 rings (SSSR count). The van der Waals surface area contributed by atoms with Gasteiger partial charge in [-0.25, -0.2) is 4.68 Å². The van der Waals surface area contributed by atoms with Crippen molar-refractivity contribution < 1.29 is 9.47 Å². The van der Waals surface area contributed by atoms with Crippen LogP contribution in [0.4, 0.5) is 0 Å². The molecule has 0 bridgehead atoms. The molecule has 0 saturated carbocycles. The number of hydrogen-bond donors (Lipinski definition) is 0. The molecule has 9 heteroatoms. The molecule has 0 aliphatic carbocycles. The van der Waals surface area contributed by atoms with Crippen LogP contribution in [0.5, 0.6) is 11.5 Å². The van der Waals surface area contributed by atoms with Crippen molar-refractivity contribution in [3.05, 3.63) is 105 Å². The number of aromatic nitrogens is 5. The van der Waals surface area contributed by atoms with Crippen molar-refractivity contribution in [3.8, 4) is 39.8 Å². The molecular weight excluding hydrogens is 534 g/mol. The third-order valence-corrected chi connectivity index (χ3v) is 7.95. The molecule has 0 N–H and O–H groups in total. The fraction of sp³-hybridized carbons (Fsp3) is 0.188. The fourth-order valence-corrected chi connectivity index (χ4v) is 5.92. The largest absolute Gasteiger partial charge is 0.494 e. The molecule has 8 nitrogen and oxygen atoms in total. The zero-order chi connectivity index (χ0) is 27.9. The maximum absolute atomic E-state index is 13.4. The Morgan fingerprint density at radius 3 is 2.63 bits per heavy atom. The van der Waals surface area contributed by atoms with Crippen LogP contribution in [0.15, 0.2) is 83.8 Å². The average Bonchev–Trinajstić information content (AvgIpc) is 3.76. The van der Waals surface area contributed by atoms with Crippen molar-refractivity contribution in [3.63, 3.8) is 0 Å². The van der Waals surface area contributed by atoms with Crippen LogP contribution in [0, 0.1) is 0 Å². The third kappa shape index (κ3) is 4.78. The topological polar surface area (TPSA) is 83.5 Å². The Balaban J connectivity index is 1.28. The lowest BCUT2D eigenvalue weighted by atomic mass is 10.0. The number of ether oxygens (including phenoxy) is 2.